The van der Waals surface area contributed by atoms with E-state index in [-0.39, 0.29) is 0 Å². The molecule has 1 saturated carbocycles. The molecule has 0 bridgehead atoms. The lowest BCUT2D eigenvalue weighted by atomic mass is 9.77. The van der Waals surface area contributed by atoms with Gasteiger partial charge < -0.3 is 4.74 Å². The molecule has 1 aliphatic carbocycles. The zero-order chi connectivity index (χ0) is 17.5. The molecule has 0 N–H and O–H groups in total. The van der Waals surface area contributed by atoms with E-state index in [2.05, 4.69) is 50.2 Å². The Labute approximate surface area is 153 Å². The Hall–Kier alpha value is -1.50. The van der Waals surface area contributed by atoms with E-state index in [0.29, 0.717) is 0 Å². The normalized spacial score (nSPS) is 20.7. The van der Waals surface area contributed by atoms with Gasteiger partial charge in [-0.15, -0.1) is 0 Å². The molecule has 0 aliphatic heterocycles. The number of rotatable bonds is 8. The quantitative estimate of drug-likeness (QED) is 0.453. The third-order valence-corrected chi connectivity index (χ3v) is 5.89. The van der Waals surface area contributed by atoms with Crippen LogP contribution in [0.15, 0.2) is 36.4 Å². The summed E-state index contributed by atoms with van der Waals surface area (Å²) in [6.07, 6.45) is 12.1. The number of fused-ring (bicyclic) bond motifs is 1. The minimum Gasteiger partial charge on any atom is -0.494 e. The van der Waals surface area contributed by atoms with Crippen molar-refractivity contribution < 1.29 is 4.74 Å². The highest BCUT2D eigenvalue weighted by atomic mass is 16.5. The van der Waals surface area contributed by atoms with Crippen molar-refractivity contribution in [2.45, 2.75) is 77.6 Å². The Balaban J connectivity index is 1.62. The van der Waals surface area contributed by atoms with Gasteiger partial charge in [-0.2, -0.15) is 0 Å². The largest absolute Gasteiger partial charge is 0.494 e. The zero-order valence-electron chi connectivity index (χ0n) is 16.1. The summed E-state index contributed by atoms with van der Waals surface area (Å²) < 4.78 is 5.85. The Morgan fingerprint density at radius 2 is 1.56 bits per heavy atom. The summed E-state index contributed by atoms with van der Waals surface area (Å²) in [5, 5.41) is 2.66. The van der Waals surface area contributed by atoms with Crippen LogP contribution in [0.2, 0.25) is 0 Å². The minimum absolute atomic E-state index is 0.766. The topological polar surface area (TPSA) is 9.23 Å². The summed E-state index contributed by atoms with van der Waals surface area (Å²) in [7, 11) is 0. The molecule has 1 fully saturated rings. The molecule has 0 unspecified atom stereocenters. The summed E-state index contributed by atoms with van der Waals surface area (Å²) in [4.78, 5) is 0. The lowest BCUT2D eigenvalue weighted by molar-refractivity contribution is 0.304. The first-order chi connectivity index (χ1) is 12.3. The van der Waals surface area contributed by atoms with Gasteiger partial charge in [-0.25, -0.2) is 0 Å². The van der Waals surface area contributed by atoms with Crippen molar-refractivity contribution in [2.24, 2.45) is 5.92 Å². The van der Waals surface area contributed by atoms with Crippen molar-refractivity contribution in [1.29, 1.82) is 0 Å². The lowest BCUT2D eigenvalue weighted by Crippen LogP contribution is -2.13. The fourth-order valence-electron chi connectivity index (χ4n) is 4.20. The second kappa shape index (κ2) is 9.27. The standard InChI is InChI=1S/C24H34O/c1-3-5-7-19-8-10-20(11-9-19)21-12-13-23-18-24(25-16-6-4-2)15-14-22(23)17-21/h12-15,17-20H,3-11,16H2,1-2H3/t19-,20-. The monoisotopic (exact) mass is 338 g/mol. The van der Waals surface area contributed by atoms with Crippen molar-refractivity contribution >= 4 is 10.8 Å². The number of ether oxygens (including phenoxy) is 1. The Morgan fingerprint density at radius 1 is 0.840 bits per heavy atom. The van der Waals surface area contributed by atoms with Crippen LogP contribution in [0.1, 0.15) is 83.1 Å². The molecule has 25 heavy (non-hydrogen) atoms. The van der Waals surface area contributed by atoms with Crippen LogP contribution in [-0.2, 0) is 0 Å². The first kappa shape index (κ1) is 18.3. The van der Waals surface area contributed by atoms with E-state index in [1.165, 1.54) is 62.1 Å². The summed E-state index contributed by atoms with van der Waals surface area (Å²) in [5.41, 5.74) is 1.54. The van der Waals surface area contributed by atoms with E-state index in [1.54, 1.807) is 5.56 Å². The van der Waals surface area contributed by atoms with Gasteiger partial charge in [0.1, 0.15) is 5.75 Å². The molecular weight excluding hydrogens is 304 g/mol. The van der Waals surface area contributed by atoms with Gasteiger partial charge in [0, 0.05) is 0 Å². The van der Waals surface area contributed by atoms with Crippen LogP contribution in [0.5, 0.6) is 5.75 Å². The average molecular weight is 339 g/mol. The lowest BCUT2D eigenvalue weighted by Gasteiger charge is -2.29. The van der Waals surface area contributed by atoms with Gasteiger partial charge >= 0.3 is 0 Å². The Kier molecular flexibility index (Phi) is 6.78. The highest BCUT2D eigenvalue weighted by molar-refractivity contribution is 5.84. The molecule has 0 saturated heterocycles. The number of unbranched alkanes of at least 4 members (excludes halogenated alkanes) is 2. The fourth-order valence-corrected chi connectivity index (χ4v) is 4.20. The highest BCUT2D eigenvalue weighted by Gasteiger charge is 2.22. The second-order valence-electron chi connectivity index (χ2n) is 7.83. The van der Waals surface area contributed by atoms with Crippen LogP contribution in [0.4, 0.5) is 0 Å². The van der Waals surface area contributed by atoms with E-state index in [9.17, 15) is 0 Å². The van der Waals surface area contributed by atoms with Crippen LogP contribution in [0.25, 0.3) is 10.8 Å². The van der Waals surface area contributed by atoms with E-state index in [0.717, 1.165) is 30.6 Å². The van der Waals surface area contributed by atoms with Gasteiger partial charge in [-0.3, -0.25) is 0 Å². The molecule has 3 rings (SSSR count). The van der Waals surface area contributed by atoms with Crippen molar-refractivity contribution in [2.75, 3.05) is 6.61 Å². The van der Waals surface area contributed by atoms with Gasteiger partial charge in [0.2, 0.25) is 0 Å². The van der Waals surface area contributed by atoms with E-state index in [4.69, 9.17) is 4.74 Å². The Bertz CT molecular complexity index is 652. The third-order valence-electron chi connectivity index (χ3n) is 5.89. The van der Waals surface area contributed by atoms with Crippen LogP contribution >= 0.6 is 0 Å². The van der Waals surface area contributed by atoms with Crippen molar-refractivity contribution in [3.05, 3.63) is 42.0 Å². The summed E-state index contributed by atoms with van der Waals surface area (Å²) in [6, 6.07) is 13.6. The second-order valence-corrected chi connectivity index (χ2v) is 7.83. The number of benzene rings is 2. The molecule has 0 amide bonds. The van der Waals surface area contributed by atoms with Gasteiger partial charge in [-0.05, 0) is 72.4 Å². The highest BCUT2D eigenvalue weighted by Crippen LogP contribution is 2.38. The summed E-state index contributed by atoms with van der Waals surface area (Å²) in [6.45, 7) is 5.32. The SMILES string of the molecule is CCCCOc1ccc2cc([C@H]3CC[C@H](CCCC)CC3)ccc2c1. The number of hydrogen-bond acceptors (Lipinski definition) is 1. The van der Waals surface area contributed by atoms with Crippen LogP contribution in [-0.4, -0.2) is 6.61 Å². The molecule has 0 aromatic heterocycles. The van der Waals surface area contributed by atoms with Crippen molar-refractivity contribution in [3.8, 4) is 5.75 Å². The summed E-state index contributed by atoms with van der Waals surface area (Å²) >= 11 is 0. The molecule has 0 radical (unpaired) electrons. The molecule has 1 nitrogen and oxygen atoms in total. The maximum absolute atomic E-state index is 5.85. The molecule has 136 valence electrons. The van der Waals surface area contributed by atoms with Gasteiger partial charge in [0.15, 0.2) is 0 Å². The molecule has 2 aromatic rings. The van der Waals surface area contributed by atoms with Crippen LogP contribution in [0, 0.1) is 5.92 Å². The molecule has 0 heterocycles. The molecular formula is C24H34O. The maximum Gasteiger partial charge on any atom is 0.119 e. The van der Waals surface area contributed by atoms with Crippen LogP contribution in [0.3, 0.4) is 0 Å². The smallest absolute Gasteiger partial charge is 0.119 e. The third kappa shape index (κ3) is 5.00. The molecule has 0 atom stereocenters. The minimum atomic E-state index is 0.766. The molecule has 0 spiro atoms. The number of hydrogen-bond donors (Lipinski definition) is 0. The van der Waals surface area contributed by atoms with Crippen molar-refractivity contribution in [1.82, 2.24) is 0 Å². The van der Waals surface area contributed by atoms with Crippen LogP contribution < -0.4 is 4.74 Å². The predicted molar refractivity (Wildman–Crippen MR) is 109 cm³/mol. The zero-order valence-corrected chi connectivity index (χ0v) is 16.1. The first-order valence-electron chi connectivity index (χ1n) is 10.5. The first-order valence-corrected chi connectivity index (χ1v) is 10.5. The molecule has 2 aromatic carbocycles. The fraction of sp³-hybridized carbons (Fsp3) is 0.583. The van der Waals surface area contributed by atoms with E-state index < -0.39 is 0 Å². The predicted octanol–water partition coefficient (Wildman–Crippen LogP) is 7.48. The van der Waals surface area contributed by atoms with E-state index in [1.807, 2.05) is 0 Å². The Morgan fingerprint density at radius 3 is 2.32 bits per heavy atom. The van der Waals surface area contributed by atoms with Gasteiger partial charge in [-0.1, -0.05) is 63.8 Å². The molecule has 1 aliphatic rings. The molecule has 1 heteroatoms. The van der Waals surface area contributed by atoms with Gasteiger partial charge in [0.05, 0.1) is 6.61 Å². The van der Waals surface area contributed by atoms with Gasteiger partial charge in [0.25, 0.3) is 0 Å². The summed E-state index contributed by atoms with van der Waals surface area (Å²) in [5.74, 6) is 2.76. The maximum atomic E-state index is 5.85. The van der Waals surface area contributed by atoms with Crippen molar-refractivity contribution in [3.63, 3.8) is 0 Å². The van der Waals surface area contributed by atoms with E-state index >= 15 is 0 Å². The average Bonchev–Trinajstić information content (AvgIpc) is 2.66.